The van der Waals surface area contributed by atoms with Crippen molar-refractivity contribution in [3.63, 3.8) is 0 Å². The third-order valence-electron chi connectivity index (χ3n) is 3.49. The fraction of sp³-hybridized carbons (Fsp3) is 0.688. The van der Waals surface area contributed by atoms with Crippen molar-refractivity contribution in [2.24, 2.45) is 12.0 Å². The predicted molar refractivity (Wildman–Crippen MR) is 90.7 cm³/mol. The first-order valence-electron chi connectivity index (χ1n) is 8.06. The predicted octanol–water partition coefficient (Wildman–Crippen LogP) is 0.710. The Balaban J connectivity index is 1.91. The van der Waals surface area contributed by atoms with Gasteiger partial charge in [0.1, 0.15) is 18.2 Å². The van der Waals surface area contributed by atoms with Gasteiger partial charge in [-0.05, 0) is 20.8 Å². The zero-order chi connectivity index (χ0) is 17.7. The summed E-state index contributed by atoms with van der Waals surface area (Å²) in [5, 5.41) is 7.25. The zero-order valence-corrected chi connectivity index (χ0v) is 15.1. The first kappa shape index (κ1) is 18.3. The molecule has 2 heterocycles. The number of morpholine rings is 1. The average molecular weight is 337 g/mol. The number of hydrogen-bond donors (Lipinski definition) is 1. The molecule has 0 aliphatic carbocycles. The molecule has 134 valence electrons. The molecule has 1 saturated heterocycles. The minimum atomic E-state index is -0.493. The lowest BCUT2D eigenvalue weighted by atomic mass is 10.1. The van der Waals surface area contributed by atoms with Crippen LogP contribution in [0.5, 0.6) is 0 Å². The van der Waals surface area contributed by atoms with Gasteiger partial charge in [-0.25, -0.2) is 0 Å². The molecular formula is C16H27N5O3. The number of nitrogens with zero attached hydrogens (tertiary/aromatic N) is 4. The first-order chi connectivity index (χ1) is 11.3. The lowest BCUT2D eigenvalue weighted by molar-refractivity contribution is -0.153. The third-order valence-corrected chi connectivity index (χ3v) is 3.49. The largest absolute Gasteiger partial charge is 0.459 e. The molecule has 24 heavy (non-hydrogen) atoms. The normalized spacial score (nSPS) is 19.3. The van der Waals surface area contributed by atoms with Gasteiger partial charge in [0.25, 0.3) is 0 Å². The van der Waals surface area contributed by atoms with E-state index < -0.39 is 5.60 Å². The summed E-state index contributed by atoms with van der Waals surface area (Å²) < 4.78 is 12.9. The van der Waals surface area contributed by atoms with E-state index in [2.05, 4.69) is 20.3 Å². The maximum Gasteiger partial charge on any atom is 0.325 e. The number of ether oxygens (including phenoxy) is 2. The highest BCUT2D eigenvalue weighted by Gasteiger charge is 2.25. The molecule has 0 bridgehead atoms. The molecule has 1 unspecified atom stereocenters. The van der Waals surface area contributed by atoms with Gasteiger partial charge in [-0.2, -0.15) is 5.10 Å². The first-order valence-corrected chi connectivity index (χ1v) is 8.06. The number of aromatic nitrogens is 2. The van der Waals surface area contributed by atoms with E-state index in [1.165, 1.54) is 0 Å². The zero-order valence-electron chi connectivity index (χ0n) is 15.1. The maximum absolute atomic E-state index is 11.9. The van der Waals surface area contributed by atoms with E-state index in [1.54, 1.807) is 11.7 Å². The Hall–Kier alpha value is -2.09. The Kier molecular flexibility index (Phi) is 5.82. The molecule has 1 aliphatic rings. The Bertz CT molecular complexity index is 591. The van der Waals surface area contributed by atoms with Crippen LogP contribution in [0.4, 0.5) is 0 Å². The molecule has 8 nitrogen and oxygen atoms in total. The van der Waals surface area contributed by atoms with Crippen molar-refractivity contribution in [2.75, 3.05) is 33.3 Å². The Labute approximate surface area is 142 Å². The van der Waals surface area contributed by atoms with Crippen LogP contribution in [-0.2, 0) is 21.3 Å². The lowest BCUT2D eigenvalue weighted by Gasteiger charge is -2.34. The van der Waals surface area contributed by atoms with Crippen molar-refractivity contribution in [3.05, 3.63) is 18.0 Å². The smallest absolute Gasteiger partial charge is 0.325 e. The fourth-order valence-electron chi connectivity index (χ4n) is 2.51. The molecule has 0 radical (unpaired) electrons. The highest BCUT2D eigenvalue weighted by Crippen LogP contribution is 2.21. The quantitative estimate of drug-likeness (QED) is 0.497. The van der Waals surface area contributed by atoms with Gasteiger partial charge < -0.3 is 19.7 Å². The molecule has 1 N–H and O–H groups in total. The molecule has 8 heteroatoms. The SMILES string of the molecule is CN=C(NCC(=O)OC(C)(C)C)N1CCOC(c2cnn(C)c2)C1. The number of hydrogen-bond acceptors (Lipinski definition) is 5. The molecule has 0 amide bonds. The van der Waals surface area contributed by atoms with Crippen LogP contribution in [0.15, 0.2) is 17.4 Å². The fourth-order valence-corrected chi connectivity index (χ4v) is 2.51. The van der Waals surface area contributed by atoms with Gasteiger partial charge in [0.2, 0.25) is 0 Å². The van der Waals surface area contributed by atoms with Gasteiger partial charge >= 0.3 is 5.97 Å². The lowest BCUT2D eigenvalue weighted by Crippen LogP contribution is -2.49. The van der Waals surface area contributed by atoms with Crippen LogP contribution in [0, 0.1) is 0 Å². The highest BCUT2D eigenvalue weighted by molar-refractivity contribution is 5.84. The van der Waals surface area contributed by atoms with Gasteiger partial charge in [0.05, 0.1) is 19.3 Å². The minimum absolute atomic E-state index is 0.0625. The Morgan fingerprint density at radius 3 is 2.88 bits per heavy atom. The molecule has 0 aromatic carbocycles. The summed E-state index contributed by atoms with van der Waals surface area (Å²) in [4.78, 5) is 18.2. The van der Waals surface area contributed by atoms with Crippen LogP contribution in [0.2, 0.25) is 0 Å². The molecule has 1 fully saturated rings. The highest BCUT2D eigenvalue weighted by atomic mass is 16.6. The average Bonchev–Trinajstić information content (AvgIpc) is 2.93. The molecular weight excluding hydrogens is 310 g/mol. The summed E-state index contributed by atoms with van der Waals surface area (Å²) in [5.41, 5.74) is 0.539. The molecule has 1 atom stereocenters. The molecule has 1 aliphatic heterocycles. The maximum atomic E-state index is 11.9. The second-order valence-corrected chi connectivity index (χ2v) is 6.74. The molecule has 2 rings (SSSR count). The van der Waals surface area contributed by atoms with Crippen molar-refractivity contribution >= 4 is 11.9 Å². The molecule has 0 saturated carbocycles. The van der Waals surface area contributed by atoms with Crippen LogP contribution in [0.1, 0.15) is 32.4 Å². The Morgan fingerprint density at radius 1 is 1.54 bits per heavy atom. The van der Waals surface area contributed by atoms with E-state index in [1.807, 2.05) is 40.2 Å². The molecule has 1 aromatic rings. The number of guanidine groups is 1. The van der Waals surface area contributed by atoms with E-state index in [9.17, 15) is 4.79 Å². The van der Waals surface area contributed by atoms with E-state index in [4.69, 9.17) is 9.47 Å². The molecule has 0 spiro atoms. The van der Waals surface area contributed by atoms with Crippen molar-refractivity contribution in [1.29, 1.82) is 0 Å². The van der Waals surface area contributed by atoms with Crippen LogP contribution in [-0.4, -0.2) is 65.5 Å². The standard InChI is InChI=1S/C16H27N5O3/c1-16(2,3)24-14(22)9-18-15(17-4)21-6-7-23-13(11-21)12-8-19-20(5)10-12/h8,10,13H,6-7,9,11H2,1-5H3,(H,17,18). The van der Waals surface area contributed by atoms with E-state index >= 15 is 0 Å². The van der Waals surface area contributed by atoms with Crippen LogP contribution >= 0.6 is 0 Å². The number of aryl methyl sites for hydroxylation is 1. The summed E-state index contributed by atoms with van der Waals surface area (Å²) >= 11 is 0. The van der Waals surface area contributed by atoms with Gasteiger partial charge in [0, 0.05) is 32.4 Å². The summed E-state index contributed by atoms with van der Waals surface area (Å²) in [7, 11) is 3.58. The van der Waals surface area contributed by atoms with Crippen molar-refractivity contribution in [3.8, 4) is 0 Å². The van der Waals surface area contributed by atoms with E-state index in [0.29, 0.717) is 25.7 Å². The third kappa shape index (κ3) is 5.23. The summed E-state index contributed by atoms with van der Waals surface area (Å²) in [6.45, 7) is 7.58. The summed E-state index contributed by atoms with van der Waals surface area (Å²) in [6, 6.07) is 0. The summed E-state index contributed by atoms with van der Waals surface area (Å²) in [5.74, 6) is 0.360. The number of rotatable bonds is 3. The monoisotopic (exact) mass is 337 g/mol. The second kappa shape index (κ2) is 7.65. The van der Waals surface area contributed by atoms with Crippen molar-refractivity contribution in [1.82, 2.24) is 20.0 Å². The van der Waals surface area contributed by atoms with Crippen LogP contribution in [0.3, 0.4) is 0 Å². The number of aliphatic imine (C=N–C) groups is 1. The van der Waals surface area contributed by atoms with Gasteiger partial charge in [0.15, 0.2) is 5.96 Å². The number of esters is 1. The minimum Gasteiger partial charge on any atom is -0.459 e. The van der Waals surface area contributed by atoms with E-state index in [-0.39, 0.29) is 18.6 Å². The number of carbonyl (C=O) groups excluding carboxylic acids is 1. The topological polar surface area (TPSA) is 81.0 Å². The van der Waals surface area contributed by atoms with Crippen molar-refractivity contribution in [2.45, 2.75) is 32.5 Å². The van der Waals surface area contributed by atoms with Crippen LogP contribution < -0.4 is 5.32 Å². The summed E-state index contributed by atoms with van der Waals surface area (Å²) in [6.07, 6.45) is 3.70. The van der Waals surface area contributed by atoms with E-state index in [0.717, 1.165) is 5.56 Å². The Morgan fingerprint density at radius 2 is 2.29 bits per heavy atom. The van der Waals surface area contributed by atoms with Crippen LogP contribution in [0.25, 0.3) is 0 Å². The number of nitrogens with one attached hydrogen (secondary N) is 1. The van der Waals surface area contributed by atoms with Gasteiger partial charge in [-0.15, -0.1) is 0 Å². The second-order valence-electron chi connectivity index (χ2n) is 6.74. The van der Waals surface area contributed by atoms with Crippen molar-refractivity contribution < 1.29 is 14.3 Å². The number of carbonyl (C=O) groups is 1. The molecule has 1 aromatic heterocycles. The van der Waals surface area contributed by atoms with Gasteiger partial charge in [-0.3, -0.25) is 14.5 Å². The van der Waals surface area contributed by atoms with Gasteiger partial charge in [-0.1, -0.05) is 0 Å².